The van der Waals surface area contributed by atoms with Crippen LogP contribution in [0.15, 0.2) is 42.5 Å². The van der Waals surface area contributed by atoms with Gasteiger partial charge in [0, 0.05) is 18.2 Å². The van der Waals surface area contributed by atoms with Gasteiger partial charge in [-0.1, -0.05) is 36.2 Å². The topological polar surface area (TPSA) is 43.8 Å². The van der Waals surface area contributed by atoms with E-state index in [0.29, 0.717) is 5.92 Å². The van der Waals surface area contributed by atoms with Gasteiger partial charge >= 0.3 is 0 Å². The van der Waals surface area contributed by atoms with Gasteiger partial charge in [-0.2, -0.15) is 0 Å². The number of nitrogens with zero attached hydrogens (tertiary/aromatic N) is 2. The predicted octanol–water partition coefficient (Wildman–Crippen LogP) is 4.24. The lowest BCUT2D eigenvalue weighted by Gasteiger charge is -2.25. The Kier molecular flexibility index (Phi) is 3.14. The minimum absolute atomic E-state index is 0.610. The number of hydrogen-bond acceptors (Lipinski definition) is 2. The van der Waals surface area contributed by atoms with E-state index in [1.165, 1.54) is 41.7 Å². The molecule has 0 amide bonds. The van der Waals surface area contributed by atoms with Crippen molar-refractivity contribution < 1.29 is 0 Å². The van der Waals surface area contributed by atoms with E-state index in [9.17, 15) is 0 Å². The Morgan fingerprint density at radius 2 is 1.91 bits per heavy atom. The molecule has 1 aliphatic rings. The van der Waals surface area contributed by atoms with Gasteiger partial charge in [0.1, 0.15) is 5.82 Å². The molecule has 2 aromatic carbocycles. The van der Waals surface area contributed by atoms with Crippen LogP contribution in [0.2, 0.25) is 0 Å². The molecule has 1 heterocycles. The number of anilines is 1. The Morgan fingerprint density at radius 3 is 2.59 bits per heavy atom. The fourth-order valence-electron chi connectivity index (χ4n) is 3.19. The zero-order valence-electron chi connectivity index (χ0n) is 12.9. The van der Waals surface area contributed by atoms with E-state index in [0.717, 1.165) is 17.7 Å². The molecule has 1 aromatic heterocycles. The van der Waals surface area contributed by atoms with Crippen LogP contribution in [-0.2, 0) is 6.54 Å². The monoisotopic (exact) mass is 291 g/mol. The molecular weight excluding hydrogens is 270 g/mol. The maximum Gasteiger partial charge on any atom is 0.113 e. The van der Waals surface area contributed by atoms with Gasteiger partial charge in [-0.05, 0) is 43.5 Å². The molecule has 0 bridgehead atoms. The third-order valence-corrected chi connectivity index (χ3v) is 4.73. The van der Waals surface area contributed by atoms with Crippen molar-refractivity contribution in [3.05, 3.63) is 59.4 Å². The van der Waals surface area contributed by atoms with Gasteiger partial charge < -0.3 is 10.3 Å². The second kappa shape index (κ2) is 5.16. The minimum Gasteiger partial charge on any atom is -0.399 e. The van der Waals surface area contributed by atoms with E-state index in [4.69, 9.17) is 10.7 Å². The predicted molar refractivity (Wildman–Crippen MR) is 91.0 cm³/mol. The molecular formula is C19H21N3. The summed E-state index contributed by atoms with van der Waals surface area (Å²) in [6.07, 6.45) is 3.83. The van der Waals surface area contributed by atoms with Crippen molar-refractivity contribution in [2.24, 2.45) is 0 Å². The Bertz CT molecular complexity index is 811. The molecule has 0 aliphatic heterocycles. The molecule has 0 atom stereocenters. The van der Waals surface area contributed by atoms with Crippen molar-refractivity contribution in [1.29, 1.82) is 0 Å². The number of fused-ring (bicyclic) bond motifs is 1. The van der Waals surface area contributed by atoms with Crippen LogP contribution in [0.25, 0.3) is 11.0 Å². The van der Waals surface area contributed by atoms with Gasteiger partial charge in [-0.3, -0.25) is 0 Å². The largest absolute Gasteiger partial charge is 0.399 e. The van der Waals surface area contributed by atoms with Crippen molar-refractivity contribution in [2.75, 3.05) is 5.73 Å². The van der Waals surface area contributed by atoms with Crippen LogP contribution in [0.3, 0.4) is 0 Å². The molecule has 4 rings (SSSR count). The Balaban J connectivity index is 1.81. The molecule has 112 valence electrons. The van der Waals surface area contributed by atoms with Crippen molar-refractivity contribution in [2.45, 2.75) is 38.6 Å². The molecule has 22 heavy (non-hydrogen) atoms. The minimum atomic E-state index is 0.610. The zero-order chi connectivity index (χ0) is 15.1. The molecule has 2 N–H and O–H groups in total. The highest BCUT2D eigenvalue weighted by atomic mass is 15.1. The van der Waals surface area contributed by atoms with Gasteiger partial charge in [0.2, 0.25) is 0 Å². The molecule has 0 unspecified atom stereocenters. The Labute approximate surface area is 130 Å². The molecule has 1 saturated carbocycles. The first-order chi connectivity index (χ1) is 10.7. The van der Waals surface area contributed by atoms with Crippen LogP contribution in [0, 0.1) is 6.92 Å². The third kappa shape index (κ3) is 2.27. The molecule has 1 fully saturated rings. The quantitative estimate of drug-likeness (QED) is 0.733. The summed E-state index contributed by atoms with van der Waals surface area (Å²) in [7, 11) is 0. The summed E-state index contributed by atoms with van der Waals surface area (Å²) in [6, 6.07) is 14.8. The smallest absolute Gasteiger partial charge is 0.113 e. The lowest BCUT2D eigenvalue weighted by Crippen LogP contribution is -2.16. The molecule has 0 saturated heterocycles. The van der Waals surface area contributed by atoms with Crippen LogP contribution in [0.4, 0.5) is 5.69 Å². The summed E-state index contributed by atoms with van der Waals surface area (Å²) >= 11 is 0. The second-order valence-corrected chi connectivity index (χ2v) is 6.42. The number of aromatic nitrogens is 2. The summed E-state index contributed by atoms with van der Waals surface area (Å²) in [5.41, 5.74) is 11.5. The summed E-state index contributed by atoms with van der Waals surface area (Å²) in [4.78, 5) is 4.89. The summed E-state index contributed by atoms with van der Waals surface area (Å²) < 4.78 is 2.38. The maximum absolute atomic E-state index is 5.93. The third-order valence-electron chi connectivity index (χ3n) is 4.73. The standard InChI is InChI=1S/C19H21N3/c1-13-5-7-14(8-6-13)12-22-18-10-9-16(20)11-17(18)21-19(22)15-3-2-4-15/h5-11,15H,2-4,12,20H2,1H3. The molecule has 0 spiro atoms. The van der Waals surface area contributed by atoms with Gasteiger partial charge in [0.05, 0.1) is 11.0 Å². The van der Waals surface area contributed by atoms with Crippen molar-refractivity contribution in [1.82, 2.24) is 9.55 Å². The molecule has 1 aliphatic carbocycles. The average molecular weight is 291 g/mol. The number of benzene rings is 2. The molecule has 0 radical (unpaired) electrons. The number of nitrogen functional groups attached to an aromatic ring is 1. The van der Waals surface area contributed by atoms with Crippen molar-refractivity contribution in [3.63, 3.8) is 0 Å². The summed E-state index contributed by atoms with van der Waals surface area (Å²) in [5.74, 6) is 1.84. The fraction of sp³-hybridized carbons (Fsp3) is 0.316. The van der Waals surface area contributed by atoms with E-state index >= 15 is 0 Å². The first-order valence-electron chi connectivity index (χ1n) is 8.02. The molecule has 3 aromatic rings. The highest BCUT2D eigenvalue weighted by Crippen LogP contribution is 2.37. The van der Waals surface area contributed by atoms with Crippen molar-refractivity contribution >= 4 is 16.7 Å². The van der Waals surface area contributed by atoms with Crippen LogP contribution >= 0.6 is 0 Å². The zero-order valence-corrected chi connectivity index (χ0v) is 12.9. The van der Waals surface area contributed by atoms with E-state index in [-0.39, 0.29) is 0 Å². The normalized spacial score (nSPS) is 15.1. The van der Waals surface area contributed by atoms with Crippen LogP contribution in [-0.4, -0.2) is 9.55 Å². The first-order valence-corrected chi connectivity index (χ1v) is 8.02. The van der Waals surface area contributed by atoms with Crippen LogP contribution in [0.5, 0.6) is 0 Å². The van der Waals surface area contributed by atoms with Gasteiger partial charge in [0.15, 0.2) is 0 Å². The van der Waals surface area contributed by atoms with E-state index in [2.05, 4.69) is 41.8 Å². The molecule has 3 nitrogen and oxygen atoms in total. The van der Waals surface area contributed by atoms with Crippen molar-refractivity contribution in [3.8, 4) is 0 Å². The average Bonchev–Trinajstić information content (AvgIpc) is 2.77. The lowest BCUT2D eigenvalue weighted by molar-refractivity contribution is 0.392. The Morgan fingerprint density at radius 1 is 1.14 bits per heavy atom. The van der Waals surface area contributed by atoms with Crippen LogP contribution < -0.4 is 5.73 Å². The number of rotatable bonds is 3. The fourth-order valence-corrected chi connectivity index (χ4v) is 3.19. The lowest BCUT2D eigenvalue weighted by atomic mass is 9.85. The van der Waals surface area contributed by atoms with E-state index < -0.39 is 0 Å². The SMILES string of the molecule is Cc1ccc(Cn2c(C3CCC3)nc3cc(N)ccc32)cc1. The van der Waals surface area contributed by atoms with E-state index in [1.807, 2.05) is 12.1 Å². The van der Waals surface area contributed by atoms with Gasteiger partial charge in [-0.15, -0.1) is 0 Å². The van der Waals surface area contributed by atoms with Gasteiger partial charge in [0.25, 0.3) is 0 Å². The highest BCUT2D eigenvalue weighted by Gasteiger charge is 2.25. The highest BCUT2D eigenvalue weighted by molar-refractivity contribution is 5.80. The number of hydrogen-bond donors (Lipinski definition) is 1. The Hall–Kier alpha value is -2.29. The maximum atomic E-state index is 5.93. The van der Waals surface area contributed by atoms with Crippen LogP contribution in [0.1, 0.15) is 42.1 Å². The number of nitrogens with two attached hydrogens (primary N) is 1. The van der Waals surface area contributed by atoms with Gasteiger partial charge in [-0.25, -0.2) is 4.98 Å². The van der Waals surface area contributed by atoms with E-state index in [1.54, 1.807) is 0 Å². The summed E-state index contributed by atoms with van der Waals surface area (Å²) in [6.45, 7) is 3.01. The number of aryl methyl sites for hydroxylation is 1. The number of imidazole rings is 1. The second-order valence-electron chi connectivity index (χ2n) is 6.42. The molecule has 3 heteroatoms. The summed E-state index contributed by atoms with van der Waals surface area (Å²) in [5, 5.41) is 0. The first kappa shape index (κ1) is 13.4.